The fourth-order valence-electron chi connectivity index (χ4n) is 2.44. The van der Waals surface area contributed by atoms with Crippen LogP contribution in [-0.2, 0) is 4.74 Å². The van der Waals surface area contributed by atoms with Crippen molar-refractivity contribution in [2.24, 2.45) is 0 Å². The molecule has 0 radical (unpaired) electrons. The third kappa shape index (κ3) is 4.72. The maximum atomic E-state index is 12.3. The Hall–Kier alpha value is -1.59. The summed E-state index contributed by atoms with van der Waals surface area (Å²) in [6.45, 7) is 9.87. The van der Waals surface area contributed by atoms with Crippen LogP contribution < -0.4 is 10.6 Å². The van der Waals surface area contributed by atoms with Gasteiger partial charge >= 0.3 is 0 Å². The molecule has 2 N–H and O–H groups in total. The highest BCUT2D eigenvalue weighted by Crippen LogP contribution is 2.17. The number of benzene rings is 1. The van der Waals surface area contributed by atoms with Crippen LogP contribution in [0.2, 0.25) is 0 Å². The number of nitrogens with one attached hydrogen (secondary N) is 2. The second-order valence-electron chi connectivity index (χ2n) is 5.29. The molecule has 1 fully saturated rings. The molecule has 0 atom stereocenters. The van der Waals surface area contributed by atoms with E-state index in [-0.39, 0.29) is 5.91 Å². The largest absolute Gasteiger partial charge is 0.385 e. The molecule has 5 nitrogen and oxygen atoms in total. The molecule has 0 bridgehead atoms. The first kappa shape index (κ1) is 15.8. The Morgan fingerprint density at radius 1 is 1.33 bits per heavy atom. The van der Waals surface area contributed by atoms with E-state index in [1.807, 2.05) is 32.0 Å². The summed E-state index contributed by atoms with van der Waals surface area (Å²) in [6, 6.07) is 5.87. The van der Waals surface area contributed by atoms with Crippen molar-refractivity contribution in [2.75, 3.05) is 51.3 Å². The number of anilines is 1. The molecule has 1 amide bonds. The van der Waals surface area contributed by atoms with Crippen LogP contribution in [0.4, 0.5) is 5.69 Å². The minimum Gasteiger partial charge on any atom is -0.385 e. The lowest BCUT2D eigenvalue weighted by atomic mass is 10.1. The number of nitrogens with zero attached hydrogens (tertiary/aromatic N) is 1. The first-order chi connectivity index (χ1) is 10.2. The molecule has 0 aromatic heterocycles. The Labute approximate surface area is 126 Å². The number of ether oxygens (including phenoxy) is 1. The van der Waals surface area contributed by atoms with Crippen molar-refractivity contribution in [3.8, 4) is 0 Å². The zero-order valence-electron chi connectivity index (χ0n) is 12.9. The van der Waals surface area contributed by atoms with Gasteiger partial charge in [-0.05, 0) is 31.5 Å². The van der Waals surface area contributed by atoms with Gasteiger partial charge < -0.3 is 15.4 Å². The van der Waals surface area contributed by atoms with Gasteiger partial charge in [0.1, 0.15) is 0 Å². The Bertz CT molecular complexity index is 471. The number of carbonyl (C=O) groups excluding carboxylic acids is 1. The van der Waals surface area contributed by atoms with E-state index in [0.717, 1.165) is 50.6 Å². The highest BCUT2D eigenvalue weighted by atomic mass is 16.5. The smallest absolute Gasteiger partial charge is 0.253 e. The third-order valence-corrected chi connectivity index (χ3v) is 3.60. The van der Waals surface area contributed by atoms with E-state index < -0.39 is 0 Å². The minimum absolute atomic E-state index is 0.0146. The summed E-state index contributed by atoms with van der Waals surface area (Å²) in [5.41, 5.74) is 2.77. The molecule has 1 aromatic rings. The van der Waals surface area contributed by atoms with Crippen LogP contribution in [0.25, 0.3) is 0 Å². The molecule has 116 valence electrons. The zero-order chi connectivity index (χ0) is 15.1. The van der Waals surface area contributed by atoms with Gasteiger partial charge in [-0.3, -0.25) is 9.69 Å². The van der Waals surface area contributed by atoms with Crippen LogP contribution in [0, 0.1) is 6.92 Å². The van der Waals surface area contributed by atoms with Gasteiger partial charge in [-0.1, -0.05) is 6.07 Å². The van der Waals surface area contributed by atoms with E-state index in [4.69, 9.17) is 4.74 Å². The highest BCUT2D eigenvalue weighted by molar-refractivity contribution is 5.99. The van der Waals surface area contributed by atoms with Crippen molar-refractivity contribution >= 4 is 11.6 Å². The van der Waals surface area contributed by atoms with Gasteiger partial charge in [-0.2, -0.15) is 0 Å². The van der Waals surface area contributed by atoms with Gasteiger partial charge in [0.25, 0.3) is 5.91 Å². The maximum Gasteiger partial charge on any atom is 0.253 e. The topological polar surface area (TPSA) is 53.6 Å². The maximum absolute atomic E-state index is 12.3. The molecule has 0 saturated carbocycles. The third-order valence-electron chi connectivity index (χ3n) is 3.60. The molecule has 2 rings (SSSR count). The van der Waals surface area contributed by atoms with Crippen molar-refractivity contribution in [2.45, 2.75) is 13.8 Å². The Kier molecular flexibility index (Phi) is 6.02. The first-order valence-corrected chi connectivity index (χ1v) is 7.63. The first-order valence-electron chi connectivity index (χ1n) is 7.63. The lowest BCUT2D eigenvalue weighted by Gasteiger charge is -2.26. The predicted molar refractivity (Wildman–Crippen MR) is 84.9 cm³/mol. The molecular formula is C16H25N3O2. The summed E-state index contributed by atoms with van der Waals surface area (Å²) in [5, 5.41) is 6.25. The molecule has 1 aliphatic rings. The van der Waals surface area contributed by atoms with E-state index in [1.54, 1.807) is 0 Å². The molecule has 5 heteroatoms. The van der Waals surface area contributed by atoms with E-state index >= 15 is 0 Å². The lowest BCUT2D eigenvalue weighted by Crippen LogP contribution is -2.41. The van der Waals surface area contributed by atoms with E-state index in [0.29, 0.717) is 12.1 Å². The molecular weight excluding hydrogens is 266 g/mol. The Balaban J connectivity index is 1.87. The monoisotopic (exact) mass is 291 g/mol. The Morgan fingerprint density at radius 3 is 2.81 bits per heavy atom. The van der Waals surface area contributed by atoms with Gasteiger partial charge in [-0.25, -0.2) is 0 Å². The SMILES string of the molecule is CCNc1cc(C)ccc1C(=O)NCCN1CCOCC1. The summed E-state index contributed by atoms with van der Waals surface area (Å²) < 4.78 is 5.31. The molecule has 0 unspecified atom stereocenters. The summed E-state index contributed by atoms with van der Waals surface area (Å²) in [6.07, 6.45) is 0. The number of carbonyl (C=O) groups is 1. The molecule has 1 aromatic carbocycles. The van der Waals surface area contributed by atoms with E-state index in [2.05, 4.69) is 15.5 Å². The van der Waals surface area contributed by atoms with Crippen LogP contribution in [-0.4, -0.2) is 56.7 Å². The zero-order valence-corrected chi connectivity index (χ0v) is 12.9. The van der Waals surface area contributed by atoms with Gasteiger partial charge in [0.15, 0.2) is 0 Å². The average molecular weight is 291 g/mol. The lowest BCUT2D eigenvalue weighted by molar-refractivity contribution is 0.0383. The fraction of sp³-hybridized carbons (Fsp3) is 0.562. The molecule has 0 spiro atoms. The molecule has 1 aliphatic heterocycles. The Morgan fingerprint density at radius 2 is 2.10 bits per heavy atom. The second kappa shape index (κ2) is 8.00. The second-order valence-corrected chi connectivity index (χ2v) is 5.29. The average Bonchev–Trinajstić information content (AvgIpc) is 2.49. The normalized spacial score (nSPS) is 15.7. The number of hydrogen-bond donors (Lipinski definition) is 2. The van der Waals surface area contributed by atoms with Crippen molar-refractivity contribution in [3.05, 3.63) is 29.3 Å². The van der Waals surface area contributed by atoms with Crippen molar-refractivity contribution < 1.29 is 9.53 Å². The number of aryl methyl sites for hydroxylation is 1. The van der Waals surface area contributed by atoms with Crippen LogP contribution >= 0.6 is 0 Å². The minimum atomic E-state index is -0.0146. The summed E-state index contributed by atoms with van der Waals surface area (Å²) in [4.78, 5) is 14.6. The van der Waals surface area contributed by atoms with Crippen molar-refractivity contribution in [1.29, 1.82) is 0 Å². The molecule has 1 saturated heterocycles. The molecule has 1 heterocycles. The predicted octanol–water partition coefficient (Wildman–Crippen LogP) is 1.49. The van der Waals surface area contributed by atoms with Gasteiger partial charge in [0.2, 0.25) is 0 Å². The fourth-order valence-corrected chi connectivity index (χ4v) is 2.44. The standard InChI is InChI=1S/C16H25N3O2/c1-3-17-15-12-13(2)4-5-14(15)16(20)18-6-7-19-8-10-21-11-9-19/h4-5,12,17H,3,6-11H2,1-2H3,(H,18,20). The number of morpholine rings is 1. The molecule has 21 heavy (non-hydrogen) atoms. The van der Waals surface area contributed by atoms with E-state index in [1.165, 1.54) is 0 Å². The van der Waals surface area contributed by atoms with Crippen molar-refractivity contribution in [1.82, 2.24) is 10.2 Å². The van der Waals surface area contributed by atoms with Crippen molar-refractivity contribution in [3.63, 3.8) is 0 Å². The van der Waals surface area contributed by atoms with Gasteiger partial charge in [-0.15, -0.1) is 0 Å². The van der Waals surface area contributed by atoms with Gasteiger partial charge in [0, 0.05) is 38.4 Å². The van der Waals surface area contributed by atoms with Gasteiger partial charge in [0.05, 0.1) is 18.8 Å². The van der Waals surface area contributed by atoms with Crippen LogP contribution in [0.5, 0.6) is 0 Å². The number of amides is 1. The van der Waals surface area contributed by atoms with Crippen LogP contribution in [0.1, 0.15) is 22.8 Å². The highest BCUT2D eigenvalue weighted by Gasteiger charge is 2.13. The summed E-state index contributed by atoms with van der Waals surface area (Å²) in [7, 11) is 0. The van der Waals surface area contributed by atoms with Crippen LogP contribution in [0.3, 0.4) is 0 Å². The summed E-state index contributed by atoms with van der Waals surface area (Å²) in [5.74, 6) is -0.0146. The molecule has 0 aliphatic carbocycles. The van der Waals surface area contributed by atoms with E-state index in [9.17, 15) is 4.79 Å². The van der Waals surface area contributed by atoms with Crippen LogP contribution in [0.15, 0.2) is 18.2 Å². The summed E-state index contributed by atoms with van der Waals surface area (Å²) >= 11 is 0. The quantitative estimate of drug-likeness (QED) is 0.834. The number of rotatable bonds is 6. The number of hydrogen-bond acceptors (Lipinski definition) is 4.